The zero-order valence-electron chi connectivity index (χ0n) is 9.23. The molecule has 0 amide bonds. The van der Waals surface area contributed by atoms with Crippen LogP contribution < -0.4 is 0 Å². The largest absolute Gasteiger partial charge is 0.481 e. The lowest BCUT2D eigenvalue weighted by Crippen LogP contribution is -1.99. The van der Waals surface area contributed by atoms with Crippen molar-refractivity contribution in [2.45, 2.75) is 26.2 Å². The smallest absolute Gasteiger partial charge is 0.307 e. The van der Waals surface area contributed by atoms with Gasteiger partial charge in [0.05, 0.1) is 6.42 Å². The second-order valence-corrected chi connectivity index (χ2v) is 4.08. The van der Waals surface area contributed by atoms with Gasteiger partial charge in [0.1, 0.15) is 5.52 Å². The molecule has 0 unspecified atom stereocenters. The van der Waals surface area contributed by atoms with E-state index in [0.29, 0.717) is 11.5 Å². The highest BCUT2D eigenvalue weighted by molar-refractivity contribution is 5.76. The molecule has 0 spiro atoms. The van der Waals surface area contributed by atoms with Gasteiger partial charge in [-0.1, -0.05) is 19.9 Å². The fraction of sp³-hybridized carbons (Fsp3) is 0.333. The van der Waals surface area contributed by atoms with Crippen LogP contribution in [-0.4, -0.2) is 16.1 Å². The number of benzene rings is 1. The first-order valence-electron chi connectivity index (χ1n) is 5.17. The topological polar surface area (TPSA) is 63.3 Å². The van der Waals surface area contributed by atoms with Crippen molar-refractivity contribution in [3.63, 3.8) is 0 Å². The highest BCUT2D eigenvalue weighted by Crippen LogP contribution is 2.22. The Morgan fingerprint density at radius 3 is 2.88 bits per heavy atom. The Morgan fingerprint density at radius 1 is 1.50 bits per heavy atom. The first-order chi connectivity index (χ1) is 7.56. The number of carboxylic acids is 1. The summed E-state index contributed by atoms with van der Waals surface area (Å²) in [5.74, 6) is 0.0738. The summed E-state index contributed by atoms with van der Waals surface area (Å²) in [6.07, 6.45) is 0.0137. The molecule has 1 N–H and O–H groups in total. The van der Waals surface area contributed by atoms with Gasteiger partial charge in [-0.3, -0.25) is 4.79 Å². The van der Waals surface area contributed by atoms with Gasteiger partial charge in [0.2, 0.25) is 0 Å². The summed E-state index contributed by atoms with van der Waals surface area (Å²) in [7, 11) is 0. The lowest BCUT2D eigenvalue weighted by molar-refractivity contribution is -0.136. The predicted molar refractivity (Wildman–Crippen MR) is 59.4 cm³/mol. The average molecular weight is 219 g/mol. The number of fused-ring (bicyclic) bond motifs is 1. The standard InChI is InChI=1S/C12H13NO3/c1-7(2)12-13-9-5-8(6-11(14)15)3-4-10(9)16-12/h3-5,7H,6H2,1-2H3,(H,14,15). The maximum Gasteiger partial charge on any atom is 0.307 e. The molecule has 0 radical (unpaired) electrons. The highest BCUT2D eigenvalue weighted by Gasteiger charge is 2.10. The zero-order valence-corrected chi connectivity index (χ0v) is 9.23. The molecule has 4 nitrogen and oxygen atoms in total. The third-order valence-corrected chi connectivity index (χ3v) is 2.32. The number of rotatable bonds is 3. The molecule has 16 heavy (non-hydrogen) atoms. The summed E-state index contributed by atoms with van der Waals surface area (Å²) in [6, 6.07) is 5.29. The van der Waals surface area contributed by atoms with Gasteiger partial charge < -0.3 is 9.52 Å². The van der Waals surface area contributed by atoms with Crippen molar-refractivity contribution in [3.05, 3.63) is 29.7 Å². The molecule has 0 aliphatic heterocycles. The summed E-state index contributed by atoms with van der Waals surface area (Å²) in [4.78, 5) is 14.9. The number of carboxylic acid groups (broad SMARTS) is 1. The molecular weight excluding hydrogens is 206 g/mol. The molecule has 1 aromatic heterocycles. The van der Waals surface area contributed by atoms with Gasteiger partial charge in [-0.05, 0) is 17.7 Å². The molecular formula is C12H13NO3. The Morgan fingerprint density at radius 2 is 2.25 bits per heavy atom. The van der Waals surface area contributed by atoms with E-state index in [0.717, 1.165) is 11.1 Å². The first kappa shape index (κ1) is 10.7. The van der Waals surface area contributed by atoms with Gasteiger partial charge in [0.15, 0.2) is 11.5 Å². The van der Waals surface area contributed by atoms with E-state index in [1.54, 1.807) is 18.2 Å². The molecule has 0 aliphatic rings. The van der Waals surface area contributed by atoms with Gasteiger partial charge in [-0.15, -0.1) is 0 Å². The van der Waals surface area contributed by atoms with Crippen LogP contribution in [-0.2, 0) is 11.2 Å². The summed E-state index contributed by atoms with van der Waals surface area (Å²) < 4.78 is 5.53. The van der Waals surface area contributed by atoms with Crippen LogP contribution in [0.25, 0.3) is 11.1 Å². The van der Waals surface area contributed by atoms with E-state index < -0.39 is 5.97 Å². The number of hydrogen-bond donors (Lipinski definition) is 1. The Labute approximate surface area is 92.9 Å². The minimum atomic E-state index is -0.841. The third kappa shape index (κ3) is 2.05. The van der Waals surface area contributed by atoms with Crippen LogP contribution in [0.15, 0.2) is 22.6 Å². The number of oxazole rings is 1. The average Bonchev–Trinajstić information content (AvgIpc) is 2.59. The van der Waals surface area contributed by atoms with Crippen molar-refractivity contribution in [2.75, 3.05) is 0 Å². The van der Waals surface area contributed by atoms with Crippen LogP contribution in [0.1, 0.15) is 31.2 Å². The van der Waals surface area contributed by atoms with Gasteiger partial charge in [0.25, 0.3) is 0 Å². The number of aromatic nitrogens is 1. The molecule has 0 fully saturated rings. The van der Waals surface area contributed by atoms with Gasteiger partial charge in [-0.2, -0.15) is 0 Å². The van der Waals surface area contributed by atoms with Gasteiger partial charge in [-0.25, -0.2) is 4.98 Å². The van der Waals surface area contributed by atoms with Crippen LogP contribution >= 0.6 is 0 Å². The molecule has 84 valence electrons. The third-order valence-electron chi connectivity index (χ3n) is 2.32. The SMILES string of the molecule is CC(C)c1nc2cc(CC(=O)O)ccc2o1. The molecule has 1 heterocycles. The van der Waals surface area contributed by atoms with Crippen molar-refractivity contribution in [2.24, 2.45) is 0 Å². The Bertz CT molecular complexity index is 528. The molecule has 0 aliphatic carbocycles. The van der Waals surface area contributed by atoms with Crippen molar-refractivity contribution >= 4 is 17.1 Å². The predicted octanol–water partition coefficient (Wildman–Crippen LogP) is 2.58. The minimum absolute atomic E-state index is 0.0137. The molecule has 0 saturated carbocycles. The lowest BCUT2D eigenvalue weighted by atomic mass is 10.1. The number of nitrogens with zero attached hydrogens (tertiary/aromatic N) is 1. The molecule has 4 heteroatoms. The van der Waals surface area contributed by atoms with Gasteiger partial charge >= 0.3 is 5.97 Å². The summed E-state index contributed by atoms with van der Waals surface area (Å²) in [5.41, 5.74) is 2.17. The maximum absolute atomic E-state index is 10.6. The lowest BCUT2D eigenvalue weighted by Gasteiger charge is -1.94. The van der Waals surface area contributed by atoms with Crippen LogP contribution in [0.2, 0.25) is 0 Å². The van der Waals surface area contributed by atoms with E-state index in [1.165, 1.54) is 0 Å². The second kappa shape index (κ2) is 3.96. The van der Waals surface area contributed by atoms with Crippen LogP contribution in [0.5, 0.6) is 0 Å². The monoisotopic (exact) mass is 219 g/mol. The van der Waals surface area contributed by atoms with E-state index in [4.69, 9.17) is 9.52 Å². The van der Waals surface area contributed by atoms with Crippen LogP contribution in [0, 0.1) is 0 Å². The maximum atomic E-state index is 10.6. The Hall–Kier alpha value is -1.84. The molecule has 0 atom stereocenters. The zero-order chi connectivity index (χ0) is 11.7. The Kier molecular flexibility index (Phi) is 2.64. The number of hydrogen-bond acceptors (Lipinski definition) is 3. The molecule has 2 aromatic rings. The number of carbonyl (C=O) groups is 1. The summed E-state index contributed by atoms with van der Waals surface area (Å²) in [5, 5.41) is 8.69. The Balaban J connectivity index is 2.41. The quantitative estimate of drug-likeness (QED) is 0.861. The highest BCUT2D eigenvalue weighted by atomic mass is 16.4. The van der Waals surface area contributed by atoms with E-state index in [2.05, 4.69) is 4.98 Å². The first-order valence-corrected chi connectivity index (χ1v) is 5.17. The van der Waals surface area contributed by atoms with Crippen molar-refractivity contribution in [1.29, 1.82) is 0 Å². The van der Waals surface area contributed by atoms with Crippen molar-refractivity contribution in [1.82, 2.24) is 4.98 Å². The van der Waals surface area contributed by atoms with E-state index in [9.17, 15) is 4.79 Å². The van der Waals surface area contributed by atoms with Crippen molar-refractivity contribution in [3.8, 4) is 0 Å². The van der Waals surface area contributed by atoms with Crippen LogP contribution in [0.3, 0.4) is 0 Å². The molecule has 2 rings (SSSR count). The van der Waals surface area contributed by atoms with Crippen LogP contribution in [0.4, 0.5) is 0 Å². The van der Waals surface area contributed by atoms with E-state index >= 15 is 0 Å². The number of aliphatic carboxylic acids is 1. The summed E-state index contributed by atoms with van der Waals surface area (Å²) in [6.45, 7) is 4.01. The normalized spacial score (nSPS) is 11.2. The van der Waals surface area contributed by atoms with E-state index in [1.807, 2.05) is 13.8 Å². The van der Waals surface area contributed by atoms with E-state index in [-0.39, 0.29) is 12.3 Å². The fourth-order valence-corrected chi connectivity index (χ4v) is 1.52. The molecule has 0 saturated heterocycles. The summed E-state index contributed by atoms with van der Waals surface area (Å²) >= 11 is 0. The fourth-order valence-electron chi connectivity index (χ4n) is 1.52. The second-order valence-electron chi connectivity index (χ2n) is 4.08. The van der Waals surface area contributed by atoms with Gasteiger partial charge in [0, 0.05) is 5.92 Å². The minimum Gasteiger partial charge on any atom is -0.481 e. The van der Waals surface area contributed by atoms with Crippen molar-refractivity contribution < 1.29 is 14.3 Å². The molecule has 1 aromatic carbocycles. The molecule has 0 bridgehead atoms.